The highest BCUT2D eigenvalue weighted by atomic mass is 16.3. The van der Waals surface area contributed by atoms with E-state index in [9.17, 15) is 0 Å². The van der Waals surface area contributed by atoms with E-state index in [-0.39, 0.29) is 6.61 Å². The topological polar surface area (TPSA) is 23.5 Å². The van der Waals surface area contributed by atoms with E-state index in [1.807, 2.05) is 6.07 Å². The molecule has 1 heterocycles. The Kier molecular flexibility index (Phi) is 2.85. The van der Waals surface area contributed by atoms with Gasteiger partial charge < -0.3 is 5.11 Å². The van der Waals surface area contributed by atoms with Gasteiger partial charge in [-0.05, 0) is 25.5 Å². The predicted octanol–water partition coefficient (Wildman–Crippen LogP) is 1.81. The Balaban J connectivity index is 2.14. The van der Waals surface area contributed by atoms with Gasteiger partial charge in [-0.15, -0.1) is 0 Å². The van der Waals surface area contributed by atoms with Crippen LogP contribution < -0.4 is 0 Å². The predicted molar refractivity (Wildman–Crippen MR) is 57.1 cm³/mol. The van der Waals surface area contributed by atoms with Gasteiger partial charge in [0.2, 0.25) is 0 Å². The number of aliphatic hydroxyl groups excluding tert-OH is 1. The standard InChI is InChI=1S/C12H17NO/c1-13-11(9-14)7-8-12(13)10-5-3-2-4-6-10/h2-6,11-12,14H,7-9H2,1H3/t11-,12-/m1/s1. The molecule has 0 spiro atoms. The zero-order valence-corrected chi connectivity index (χ0v) is 8.56. The molecule has 0 aliphatic carbocycles. The Morgan fingerprint density at radius 2 is 2.00 bits per heavy atom. The third kappa shape index (κ3) is 1.68. The van der Waals surface area contributed by atoms with Gasteiger partial charge in [-0.25, -0.2) is 0 Å². The molecule has 76 valence electrons. The summed E-state index contributed by atoms with van der Waals surface area (Å²) in [5.41, 5.74) is 1.37. The second kappa shape index (κ2) is 4.11. The molecule has 1 aliphatic heterocycles. The maximum Gasteiger partial charge on any atom is 0.0586 e. The Morgan fingerprint density at radius 1 is 1.29 bits per heavy atom. The van der Waals surface area contributed by atoms with Gasteiger partial charge in [-0.1, -0.05) is 30.3 Å². The maximum absolute atomic E-state index is 9.16. The molecule has 1 aromatic rings. The van der Waals surface area contributed by atoms with Crippen LogP contribution >= 0.6 is 0 Å². The van der Waals surface area contributed by atoms with Crippen molar-refractivity contribution in [2.75, 3.05) is 13.7 Å². The molecule has 2 rings (SSSR count). The molecule has 14 heavy (non-hydrogen) atoms. The quantitative estimate of drug-likeness (QED) is 0.770. The first-order valence-corrected chi connectivity index (χ1v) is 5.20. The van der Waals surface area contributed by atoms with Crippen molar-refractivity contribution in [1.82, 2.24) is 4.90 Å². The molecule has 1 aliphatic rings. The van der Waals surface area contributed by atoms with Crippen LogP contribution in [0.2, 0.25) is 0 Å². The highest BCUT2D eigenvalue weighted by Gasteiger charge is 2.30. The molecule has 0 bridgehead atoms. The molecule has 1 aromatic carbocycles. The molecule has 0 radical (unpaired) electrons. The summed E-state index contributed by atoms with van der Waals surface area (Å²) < 4.78 is 0. The average Bonchev–Trinajstić information content (AvgIpc) is 2.61. The second-order valence-corrected chi connectivity index (χ2v) is 4.01. The van der Waals surface area contributed by atoms with E-state index in [2.05, 4.69) is 36.2 Å². The van der Waals surface area contributed by atoms with Gasteiger partial charge in [0.25, 0.3) is 0 Å². The average molecular weight is 191 g/mol. The van der Waals surface area contributed by atoms with Gasteiger partial charge in [0.15, 0.2) is 0 Å². The number of aliphatic hydroxyl groups is 1. The van der Waals surface area contributed by atoms with Crippen molar-refractivity contribution in [2.24, 2.45) is 0 Å². The van der Waals surface area contributed by atoms with Crippen LogP contribution in [0.25, 0.3) is 0 Å². The maximum atomic E-state index is 9.16. The van der Waals surface area contributed by atoms with E-state index in [4.69, 9.17) is 5.11 Å². The summed E-state index contributed by atoms with van der Waals surface area (Å²) in [7, 11) is 2.10. The van der Waals surface area contributed by atoms with Crippen molar-refractivity contribution >= 4 is 0 Å². The lowest BCUT2D eigenvalue weighted by Gasteiger charge is -2.24. The summed E-state index contributed by atoms with van der Waals surface area (Å²) in [5.74, 6) is 0. The highest BCUT2D eigenvalue weighted by molar-refractivity contribution is 5.20. The summed E-state index contributed by atoms with van der Waals surface area (Å²) in [4.78, 5) is 2.29. The van der Waals surface area contributed by atoms with Crippen molar-refractivity contribution in [3.8, 4) is 0 Å². The first-order valence-electron chi connectivity index (χ1n) is 5.20. The number of hydrogen-bond donors (Lipinski definition) is 1. The number of rotatable bonds is 2. The summed E-state index contributed by atoms with van der Waals surface area (Å²) in [6, 6.07) is 11.4. The van der Waals surface area contributed by atoms with Crippen LogP contribution in [0.1, 0.15) is 24.4 Å². The molecule has 1 N–H and O–H groups in total. The fourth-order valence-corrected chi connectivity index (χ4v) is 2.31. The third-order valence-electron chi connectivity index (χ3n) is 3.24. The lowest BCUT2D eigenvalue weighted by molar-refractivity contribution is 0.156. The minimum Gasteiger partial charge on any atom is -0.395 e. The Morgan fingerprint density at radius 3 is 2.57 bits per heavy atom. The van der Waals surface area contributed by atoms with Crippen LogP contribution in [-0.2, 0) is 0 Å². The van der Waals surface area contributed by atoms with Crippen LogP contribution in [-0.4, -0.2) is 29.7 Å². The Labute approximate surface area is 85.2 Å². The molecule has 0 amide bonds. The number of nitrogens with zero attached hydrogens (tertiary/aromatic N) is 1. The molecular formula is C12H17NO. The molecule has 0 unspecified atom stereocenters. The van der Waals surface area contributed by atoms with Gasteiger partial charge in [0.1, 0.15) is 0 Å². The molecule has 1 saturated heterocycles. The van der Waals surface area contributed by atoms with Crippen molar-refractivity contribution < 1.29 is 5.11 Å². The number of hydrogen-bond acceptors (Lipinski definition) is 2. The zero-order chi connectivity index (χ0) is 9.97. The highest BCUT2D eigenvalue weighted by Crippen LogP contribution is 2.33. The summed E-state index contributed by atoms with van der Waals surface area (Å²) in [5, 5.41) is 9.16. The summed E-state index contributed by atoms with van der Waals surface area (Å²) >= 11 is 0. The van der Waals surface area contributed by atoms with E-state index in [1.54, 1.807) is 0 Å². The monoisotopic (exact) mass is 191 g/mol. The summed E-state index contributed by atoms with van der Waals surface area (Å²) in [6.07, 6.45) is 2.26. The number of likely N-dealkylation sites (N-methyl/N-ethyl adjacent to an activating group) is 1. The van der Waals surface area contributed by atoms with Crippen molar-refractivity contribution in [2.45, 2.75) is 24.9 Å². The van der Waals surface area contributed by atoms with Crippen LogP contribution in [0.4, 0.5) is 0 Å². The van der Waals surface area contributed by atoms with Gasteiger partial charge in [-0.2, -0.15) is 0 Å². The number of benzene rings is 1. The Bertz CT molecular complexity index is 286. The molecule has 2 atom stereocenters. The van der Waals surface area contributed by atoms with Crippen LogP contribution in [0.5, 0.6) is 0 Å². The van der Waals surface area contributed by atoms with Crippen LogP contribution in [0.15, 0.2) is 30.3 Å². The van der Waals surface area contributed by atoms with E-state index in [0.717, 1.165) is 12.8 Å². The van der Waals surface area contributed by atoms with Gasteiger partial charge in [0, 0.05) is 12.1 Å². The van der Waals surface area contributed by atoms with Gasteiger partial charge in [-0.3, -0.25) is 4.90 Å². The van der Waals surface area contributed by atoms with Crippen molar-refractivity contribution in [1.29, 1.82) is 0 Å². The van der Waals surface area contributed by atoms with E-state index in [1.165, 1.54) is 5.56 Å². The lowest BCUT2D eigenvalue weighted by Crippen LogP contribution is -2.30. The fraction of sp³-hybridized carbons (Fsp3) is 0.500. The third-order valence-corrected chi connectivity index (χ3v) is 3.24. The van der Waals surface area contributed by atoms with Gasteiger partial charge >= 0.3 is 0 Å². The smallest absolute Gasteiger partial charge is 0.0586 e. The zero-order valence-electron chi connectivity index (χ0n) is 8.56. The normalized spacial score (nSPS) is 28.1. The first kappa shape index (κ1) is 9.69. The van der Waals surface area contributed by atoms with E-state index < -0.39 is 0 Å². The van der Waals surface area contributed by atoms with E-state index in [0.29, 0.717) is 12.1 Å². The minimum absolute atomic E-state index is 0.278. The largest absolute Gasteiger partial charge is 0.395 e. The lowest BCUT2D eigenvalue weighted by atomic mass is 10.1. The van der Waals surface area contributed by atoms with E-state index >= 15 is 0 Å². The van der Waals surface area contributed by atoms with Crippen LogP contribution in [0.3, 0.4) is 0 Å². The fourth-order valence-electron chi connectivity index (χ4n) is 2.31. The molecule has 2 nitrogen and oxygen atoms in total. The number of likely N-dealkylation sites (tertiary alicyclic amines) is 1. The van der Waals surface area contributed by atoms with Crippen LogP contribution in [0, 0.1) is 0 Å². The van der Waals surface area contributed by atoms with Gasteiger partial charge in [0.05, 0.1) is 6.61 Å². The molecule has 1 fully saturated rings. The SMILES string of the molecule is CN1[C@@H](CO)CC[C@@H]1c1ccccc1. The molecule has 0 aromatic heterocycles. The van der Waals surface area contributed by atoms with Crippen molar-refractivity contribution in [3.63, 3.8) is 0 Å². The molecular weight excluding hydrogens is 174 g/mol. The molecule has 0 saturated carbocycles. The summed E-state index contributed by atoms with van der Waals surface area (Å²) in [6.45, 7) is 0.278. The first-order chi connectivity index (χ1) is 6.83. The van der Waals surface area contributed by atoms with Crippen molar-refractivity contribution in [3.05, 3.63) is 35.9 Å². The Hall–Kier alpha value is -0.860. The molecule has 2 heteroatoms. The second-order valence-electron chi connectivity index (χ2n) is 4.01. The minimum atomic E-state index is 0.278.